The van der Waals surface area contributed by atoms with Crippen molar-refractivity contribution in [3.8, 4) is 0 Å². The molecule has 2 aliphatic heterocycles. The van der Waals surface area contributed by atoms with Crippen LogP contribution in [0, 0.1) is 0 Å². The first-order chi connectivity index (χ1) is 13.6. The Morgan fingerprint density at radius 1 is 0.690 bits per heavy atom. The van der Waals surface area contributed by atoms with Gasteiger partial charge in [-0.15, -0.1) is 0 Å². The maximum atomic E-state index is 8.13. The van der Waals surface area contributed by atoms with E-state index in [0.29, 0.717) is 24.2 Å². The van der Waals surface area contributed by atoms with Gasteiger partial charge in [0.25, 0.3) is 0 Å². The standard InChI is InChI=1S/2C9H18N2.C5H5.ClH.Ru/c2*1-8(2)10-5-6-11(7-10)9(3)4;1-2-4-5-3-1;;/h2*8-9H,5-6H2,1-4H3;1-3H,4H2;1H;/q;;;;+1/p-1. The van der Waals surface area contributed by atoms with Gasteiger partial charge in [0.05, 0.1) is 0 Å². The molecule has 0 N–H and O–H groups in total. The van der Waals surface area contributed by atoms with Gasteiger partial charge >= 0.3 is 185 Å². The fourth-order valence-corrected chi connectivity index (χ4v) is 14.7. The topological polar surface area (TPSA) is 13.0 Å². The first-order valence-electron chi connectivity index (χ1n) is 11.2. The number of hydrogen-bond acceptors (Lipinski definition) is 4. The molecular weight excluding hydrogens is 469 g/mol. The summed E-state index contributed by atoms with van der Waals surface area (Å²) in [6.07, 6.45) is 7.84. The third kappa shape index (κ3) is 4.21. The van der Waals surface area contributed by atoms with Gasteiger partial charge in [0.15, 0.2) is 0 Å². The molecule has 6 heteroatoms. The van der Waals surface area contributed by atoms with Crippen LogP contribution in [-0.4, -0.2) is 78.7 Å². The van der Waals surface area contributed by atoms with Crippen LogP contribution in [0.2, 0.25) is 0 Å². The minimum atomic E-state index is -3.10. The van der Waals surface area contributed by atoms with Gasteiger partial charge in [-0.3, -0.25) is 0 Å². The van der Waals surface area contributed by atoms with Crippen LogP contribution in [0.4, 0.5) is 0 Å². The number of hydrogen-bond donors (Lipinski definition) is 0. The van der Waals surface area contributed by atoms with Crippen molar-refractivity contribution in [2.24, 2.45) is 0 Å². The summed E-state index contributed by atoms with van der Waals surface area (Å²) < 4.78 is 4.39. The van der Waals surface area contributed by atoms with E-state index in [1.807, 2.05) is 0 Å². The zero-order valence-corrected chi connectivity index (χ0v) is 22.1. The molecule has 0 saturated carbocycles. The van der Waals surface area contributed by atoms with E-state index in [4.69, 9.17) is 9.69 Å². The molecule has 0 spiro atoms. The van der Waals surface area contributed by atoms with E-state index in [-0.39, 0.29) is 0 Å². The summed E-state index contributed by atoms with van der Waals surface area (Å²) in [6, 6.07) is 1.85. The number of halogens is 1. The summed E-state index contributed by atoms with van der Waals surface area (Å²) in [6.45, 7) is 22.9. The van der Waals surface area contributed by atoms with Crippen LogP contribution < -0.4 is 0 Å². The molecule has 29 heavy (non-hydrogen) atoms. The van der Waals surface area contributed by atoms with Gasteiger partial charge < -0.3 is 0 Å². The third-order valence-electron chi connectivity index (χ3n) is 6.04. The van der Waals surface area contributed by atoms with Gasteiger partial charge in [0, 0.05) is 0 Å². The van der Waals surface area contributed by atoms with Crippen molar-refractivity contribution in [2.75, 3.05) is 26.2 Å². The predicted molar refractivity (Wildman–Crippen MR) is 125 cm³/mol. The monoisotopic (exact) mass is 510 g/mol. The second kappa shape index (κ2) is 9.22. The van der Waals surface area contributed by atoms with Gasteiger partial charge in [-0.2, -0.15) is 0 Å². The van der Waals surface area contributed by atoms with E-state index in [0.717, 1.165) is 32.6 Å². The molecule has 3 aliphatic rings. The summed E-state index contributed by atoms with van der Waals surface area (Å²) >= 11 is -3.10. The van der Waals surface area contributed by atoms with Crippen LogP contribution in [0.5, 0.6) is 0 Å². The number of nitrogens with zero attached hydrogens (tertiary/aromatic N) is 4. The zero-order chi connectivity index (χ0) is 21.5. The quantitative estimate of drug-likeness (QED) is 0.515. The van der Waals surface area contributed by atoms with Gasteiger partial charge in [-0.25, -0.2) is 0 Å². The predicted octanol–water partition coefficient (Wildman–Crippen LogP) is 4.18. The van der Waals surface area contributed by atoms with Crippen molar-refractivity contribution < 1.29 is 12.9 Å². The molecule has 168 valence electrons. The fourth-order valence-electron chi connectivity index (χ4n) is 4.41. The Hall–Kier alpha value is -0.0266. The SMILES string of the molecule is CC(C)N1CCN(C(C)C)[C]1=[Ru]([Cl])([C]1=CC=CC1)=[C]1N(C(C)C)CCN1C(C)C. The molecule has 2 fully saturated rings. The van der Waals surface area contributed by atoms with Crippen molar-refractivity contribution in [2.45, 2.75) is 86.0 Å². The van der Waals surface area contributed by atoms with E-state index in [1.165, 1.54) is 12.9 Å². The molecule has 4 nitrogen and oxygen atoms in total. The number of rotatable bonds is 5. The Kier molecular flexibility index (Phi) is 7.52. The first kappa shape index (κ1) is 23.6. The molecule has 0 atom stereocenters. The molecule has 1 aliphatic carbocycles. The minimum absolute atomic E-state index is 0.463. The van der Waals surface area contributed by atoms with E-state index >= 15 is 0 Å². The Bertz CT molecular complexity index is 716. The Morgan fingerprint density at radius 3 is 1.28 bits per heavy atom. The first-order valence-corrected chi connectivity index (χ1v) is 16.0. The van der Waals surface area contributed by atoms with Crippen LogP contribution in [0.15, 0.2) is 22.4 Å². The van der Waals surface area contributed by atoms with Crippen molar-refractivity contribution in [3.63, 3.8) is 0 Å². The average Bonchev–Trinajstić information content (AvgIpc) is 3.39. The zero-order valence-electron chi connectivity index (χ0n) is 19.6. The van der Waals surface area contributed by atoms with Gasteiger partial charge in [0.2, 0.25) is 0 Å². The summed E-state index contributed by atoms with van der Waals surface area (Å²) in [5, 5.41) is 0. The van der Waals surface area contributed by atoms with Crippen LogP contribution in [0.1, 0.15) is 61.8 Å². The molecular formula is C23H41ClN4Ru. The summed E-state index contributed by atoms with van der Waals surface area (Å²) in [4.78, 5) is 10.5. The Morgan fingerprint density at radius 2 is 1.03 bits per heavy atom. The molecule has 0 radical (unpaired) electrons. The molecule has 0 aromatic carbocycles. The van der Waals surface area contributed by atoms with E-state index < -0.39 is 12.9 Å². The Labute approximate surface area is 185 Å². The van der Waals surface area contributed by atoms with Crippen molar-refractivity contribution >= 4 is 18.4 Å². The fraction of sp³-hybridized carbons (Fsp3) is 0.739. The third-order valence-corrected chi connectivity index (χ3v) is 14.8. The Balaban J connectivity index is 2.47. The van der Waals surface area contributed by atoms with E-state index in [1.54, 1.807) is 0 Å². The molecule has 2 heterocycles. The second-order valence-corrected chi connectivity index (χ2v) is 16.7. The molecule has 0 aromatic heterocycles. The normalized spacial score (nSPS) is 23.8. The van der Waals surface area contributed by atoms with Gasteiger partial charge in [-0.05, 0) is 0 Å². The second-order valence-electron chi connectivity index (χ2n) is 9.36. The van der Waals surface area contributed by atoms with Crippen LogP contribution in [0.25, 0.3) is 0 Å². The molecule has 0 aromatic rings. The van der Waals surface area contributed by atoms with Crippen LogP contribution in [-0.2, 0) is 12.9 Å². The van der Waals surface area contributed by atoms with E-state index in [2.05, 4.69) is 93.2 Å². The molecule has 0 unspecified atom stereocenters. The summed E-state index contributed by atoms with van der Waals surface area (Å²) in [5.41, 5.74) is 0. The van der Waals surface area contributed by atoms with Crippen molar-refractivity contribution in [3.05, 3.63) is 22.4 Å². The molecule has 3 rings (SSSR count). The van der Waals surface area contributed by atoms with Crippen molar-refractivity contribution in [1.82, 2.24) is 19.6 Å². The maximum absolute atomic E-state index is 8.13. The van der Waals surface area contributed by atoms with Crippen LogP contribution >= 0.6 is 9.69 Å². The van der Waals surface area contributed by atoms with Crippen LogP contribution in [0.3, 0.4) is 0 Å². The summed E-state index contributed by atoms with van der Waals surface area (Å²) in [7, 11) is 8.13. The molecule has 2 saturated heterocycles. The van der Waals surface area contributed by atoms with Crippen molar-refractivity contribution in [1.29, 1.82) is 0 Å². The summed E-state index contributed by atoms with van der Waals surface area (Å²) in [5.74, 6) is 0. The van der Waals surface area contributed by atoms with Gasteiger partial charge in [0.1, 0.15) is 0 Å². The molecule has 0 amide bonds. The number of allylic oxidation sites excluding steroid dienone is 4. The average molecular weight is 510 g/mol. The molecule has 0 bridgehead atoms. The van der Waals surface area contributed by atoms with E-state index in [9.17, 15) is 0 Å². The van der Waals surface area contributed by atoms with Gasteiger partial charge in [-0.1, -0.05) is 0 Å².